The van der Waals surface area contributed by atoms with E-state index in [9.17, 15) is 4.39 Å². The van der Waals surface area contributed by atoms with Gasteiger partial charge in [-0.2, -0.15) is 0 Å². The quantitative estimate of drug-likeness (QED) is 0.539. The molecule has 0 spiro atoms. The summed E-state index contributed by atoms with van der Waals surface area (Å²) >= 11 is 0. The molecule has 1 saturated heterocycles. The maximum Gasteiger partial charge on any atom is 0.165 e. The number of anilines is 2. The fraction of sp³-hybridized carbons (Fsp3) is 0.333. The summed E-state index contributed by atoms with van der Waals surface area (Å²) in [6.45, 7) is 5.62. The maximum absolute atomic E-state index is 13.6. The Hall–Kier alpha value is -3.03. The molecule has 3 heterocycles. The van der Waals surface area contributed by atoms with E-state index in [0.29, 0.717) is 19.0 Å². The summed E-state index contributed by atoms with van der Waals surface area (Å²) in [5.41, 5.74) is 2.76. The zero-order chi connectivity index (χ0) is 21.5. The molecule has 1 fully saturated rings. The van der Waals surface area contributed by atoms with Crippen LogP contribution in [0.3, 0.4) is 0 Å². The molecule has 1 N–H and O–H groups in total. The highest BCUT2D eigenvalue weighted by Gasteiger charge is 2.22. The summed E-state index contributed by atoms with van der Waals surface area (Å²) < 4.78 is 25.1. The molecule has 1 aliphatic rings. The lowest BCUT2D eigenvalue weighted by atomic mass is 10.1. The third kappa shape index (κ3) is 5.99. The first-order chi connectivity index (χ1) is 15.2. The van der Waals surface area contributed by atoms with Crippen molar-refractivity contribution in [1.29, 1.82) is 0 Å². The van der Waals surface area contributed by atoms with Crippen molar-refractivity contribution in [2.45, 2.75) is 19.4 Å². The molecule has 0 bridgehead atoms. The second-order valence-corrected chi connectivity index (χ2v) is 7.55. The minimum atomic E-state index is -0.323. The van der Waals surface area contributed by atoms with Crippen molar-refractivity contribution >= 4 is 11.5 Å². The van der Waals surface area contributed by atoms with Crippen LogP contribution in [0.5, 0.6) is 5.75 Å². The molecular weight excluding hydrogens is 395 g/mol. The Bertz CT molecular complexity index is 983. The van der Waals surface area contributed by atoms with E-state index in [1.165, 1.54) is 6.07 Å². The number of hydrogen-bond donors (Lipinski definition) is 1. The third-order valence-corrected chi connectivity index (χ3v) is 5.14. The van der Waals surface area contributed by atoms with Gasteiger partial charge in [0.25, 0.3) is 0 Å². The molecule has 1 aromatic carbocycles. The van der Waals surface area contributed by atoms with E-state index < -0.39 is 0 Å². The van der Waals surface area contributed by atoms with E-state index in [-0.39, 0.29) is 11.9 Å². The largest absolute Gasteiger partial charge is 0.490 e. The highest BCUT2D eigenvalue weighted by molar-refractivity contribution is 5.54. The van der Waals surface area contributed by atoms with Gasteiger partial charge in [-0.1, -0.05) is 18.2 Å². The average Bonchev–Trinajstić information content (AvgIpc) is 2.79. The maximum atomic E-state index is 13.6. The van der Waals surface area contributed by atoms with Crippen molar-refractivity contribution in [2.24, 2.45) is 0 Å². The fourth-order valence-electron chi connectivity index (χ4n) is 3.55. The van der Waals surface area contributed by atoms with Gasteiger partial charge in [-0.15, -0.1) is 0 Å². The number of morpholine rings is 1. The average molecular weight is 423 g/mol. The van der Waals surface area contributed by atoms with Gasteiger partial charge in [0.1, 0.15) is 11.9 Å². The predicted octanol–water partition coefficient (Wildman–Crippen LogP) is 4.51. The van der Waals surface area contributed by atoms with Gasteiger partial charge >= 0.3 is 0 Å². The Morgan fingerprint density at radius 3 is 2.87 bits per heavy atom. The van der Waals surface area contributed by atoms with Crippen molar-refractivity contribution in [3.05, 3.63) is 78.0 Å². The minimum Gasteiger partial charge on any atom is -0.490 e. The van der Waals surface area contributed by atoms with Crippen molar-refractivity contribution in [1.82, 2.24) is 14.9 Å². The van der Waals surface area contributed by atoms with Gasteiger partial charge in [-0.25, -0.2) is 9.37 Å². The molecule has 3 aromatic rings. The molecule has 1 unspecified atom stereocenters. The predicted molar refractivity (Wildman–Crippen MR) is 118 cm³/mol. The number of nitrogens with zero attached hydrogens (tertiary/aromatic N) is 3. The van der Waals surface area contributed by atoms with Gasteiger partial charge in [-0.3, -0.25) is 9.88 Å². The second kappa shape index (κ2) is 10.3. The van der Waals surface area contributed by atoms with Crippen LogP contribution in [0.15, 0.2) is 60.8 Å². The molecule has 162 valence electrons. The molecule has 0 radical (unpaired) electrons. The van der Waals surface area contributed by atoms with Crippen LogP contribution in [-0.2, 0) is 4.74 Å². The van der Waals surface area contributed by atoms with Gasteiger partial charge in [0, 0.05) is 25.3 Å². The number of nitrogens with one attached hydrogen (secondary N) is 1. The van der Waals surface area contributed by atoms with Gasteiger partial charge in [0.05, 0.1) is 30.8 Å². The number of halogens is 1. The van der Waals surface area contributed by atoms with Crippen LogP contribution >= 0.6 is 0 Å². The standard InChI is InChI=1S/C24H27FN4O2/c1-18-6-4-9-24(27-18)28-19-10-11-21(26-16-19)23-17-29(13-15-31-23)12-5-14-30-22-8-3-2-7-20(22)25/h2-4,6-11,16,23H,5,12-15,17H2,1H3,(H,27,28). The molecule has 31 heavy (non-hydrogen) atoms. The van der Waals surface area contributed by atoms with Crippen molar-refractivity contribution in [3.63, 3.8) is 0 Å². The molecule has 1 atom stereocenters. The number of hydrogen-bond acceptors (Lipinski definition) is 6. The summed E-state index contributed by atoms with van der Waals surface area (Å²) in [5.74, 6) is 0.782. The van der Waals surface area contributed by atoms with Crippen molar-refractivity contribution in [2.75, 3.05) is 38.2 Å². The lowest BCUT2D eigenvalue weighted by Crippen LogP contribution is -2.39. The zero-order valence-corrected chi connectivity index (χ0v) is 17.6. The third-order valence-electron chi connectivity index (χ3n) is 5.14. The Morgan fingerprint density at radius 2 is 2.06 bits per heavy atom. The molecule has 1 aliphatic heterocycles. The van der Waals surface area contributed by atoms with Gasteiger partial charge in [0.2, 0.25) is 0 Å². The number of para-hydroxylation sites is 1. The van der Waals surface area contributed by atoms with Gasteiger partial charge < -0.3 is 14.8 Å². The summed E-state index contributed by atoms with van der Waals surface area (Å²) in [6, 6.07) is 16.3. The molecule has 4 rings (SSSR count). The Labute approximate surface area is 182 Å². The Balaban J connectivity index is 1.25. The Morgan fingerprint density at radius 1 is 1.16 bits per heavy atom. The summed E-state index contributed by atoms with van der Waals surface area (Å²) in [7, 11) is 0. The topological polar surface area (TPSA) is 59.5 Å². The number of benzene rings is 1. The monoisotopic (exact) mass is 422 g/mol. The van der Waals surface area contributed by atoms with E-state index in [4.69, 9.17) is 9.47 Å². The molecular formula is C24H27FN4O2. The lowest BCUT2D eigenvalue weighted by Gasteiger charge is -2.32. The fourth-order valence-corrected chi connectivity index (χ4v) is 3.55. The number of aromatic nitrogens is 2. The smallest absolute Gasteiger partial charge is 0.165 e. The van der Waals surface area contributed by atoms with Crippen LogP contribution in [0, 0.1) is 12.7 Å². The van der Waals surface area contributed by atoms with Crippen LogP contribution < -0.4 is 10.1 Å². The lowest BCUT2D eigenvalue weighted by molar-refractivity contribution is -0.0330. The second-order valence-electron chi connectivity index (χ2n) is 7.55. The molecule has 0 aliphatic carbocycles. The summed E-state index contributed by atoms with van der Waals surface area (Å²) in [4.78, 5) is 11.4. The highest BCUT2D eigenvalue weighted by Crippen LogP contribution is 2.23. The molecule has 2 aromatic heterocycles. The van der Waals surface area contributed by atoms with Crippen LogP contribution in [0.1, 0.15) is 23.9 Å². The van der Waals surface area contributed by atoms with Crippen LogP contribution in [-0.4, -0.2) is 47.7 Å². The minimum absolute atomic E-state index is 0.0626. The molecule has 7 heteroatoms. The van der Waals surface area contributed by atoms with Crippen molar-refractivity contribution < 1.29 is 13.9 Å². The number of rotatable bonds is 8. The van der Waals surface area contributed by atoms with E-state index in [1.54, 1.807) is 18.2 Å². The van der Waals surface area contributed by atoms with Crippen LogP contribution in [0.4, 0.5) is 15.9 Å². The highest BCUT2D eigenvalue weighted by atomic mass is 19.1. The van der Waals surface area contributed by atoms with Crippen LogP contribution in [0.2, 0.25) is 0 Å². The van der Waals surface area contributed by atoms with Crippen LogP contribution in [0.25, 0.3) is 0 Å². The number of ether oxygens (including phenoxy) is 2. The first-order valence-electron chi connectivity index (χ1n) is 10.6. The number of aryl methyl sites for hydroxylation is 1. The normalized spacial score (nSPS) is 16.8. The SMILES string of the molecule is Cc1cccc(Nc2ccc(C3CN(CCCOc4ccccc4F)CCO3)nc2)n1. The van der Waals surface area contributed by atoms with E-state index in [1.807, 2.05) is 43.5 Å². The zero-order valence-electron chi connectivity index (χ0n) is 17.6. The van der Waals surface area contributed by atoms with E-state index >= 15 is 0 Å². The van der Waals surface area contributed by atoms with E-state index in [2.05, 4.69) is 20.2 Å². The summed E-state index contributed by atoms with van der Waals surface area (Å²) in [6.07, 6.45) is 2.57. The Kier molecular flexibility index (Phi) is 7.07. The van der Waals surface area contributed by atoms with Gasteiger partial charge in [-0.05, 0) is 49.7 Å². The molecule has 6 nitrogen and oxygen atoms in total. The number of pyridine rings is 2. The molecule has 0 amide bonds. The van der Waals surface area contributed by atoms with Crippen molar-refractivity contribution in [3.8, 4) is 5.75 Å². The first-order valence-corrected chi connectivity index (χ1v) is 10.6. The summed E-state index contributed by atoms with van der Waals surface area (Å²) in [5, 5.41) is 3.27. The van der Waals surface area contributed by atoms with E-state index in [0.717, 1.165) is 48.9 Å². The van der Waals surface area contributed by atoms with Gasteiger partial charge in [0.15, 0.2) is 11.6 Å². The first kappa shape index (κ1) is 21.2. The molecule has 0 saturated carbocycles.